The summed E-state index contributed by atoms with van der Waals surface area (Å²) in [7, 11) is 1.67. The van der Waals surface area contributed by atoms with E-state index in [1.54, 1.807) is 18.4 Å². The van der Waals surface area contributed by atoms with Gasteiger partial charge in [-0.15, -0.1) is 11.3 Å². The van der Waals surface area contributed by atoms with Crippen molar-refractivity contribution in [1.29, 1.82) is 0 Å². The van der Waals surface area contributed by atoms with Crippen LogP contribution in [0.2, 0.25) is 5.02 Å². The highest BCUT2D eigenvalue weighted by Crippen LogP contribution is 2.39. The van der Waals surface area contributed by atoms with Crippen LogP contribution in [0.4, 0.5) is 5.95 Å². The molecule has 1 aliphatic rings. The standard InChI is InChI=1S/C28H21ClN4OS/c1-34-21-12-9-18(10-13-21)24-17-25(26-8-5-15-35-26)33(32-24)28-30-23-14-11-20(29)16-22(23)27(31-28)19-6-3-2-4-7-19/h2-16,25H,17H2,1H3/t25-/m1/s1. The van der Waals surface area contributed by atoms with E-state index in [9.17, 15) is 0 Å². The number of aromatic nitrogens is 2. The van der Waals surface area contributed by atoms with Crippen LogP contribution in [0.15, 0.2) is 95.4 Å². The molecule has 0 aliphatic carbocycles. The maximum Gasteiger partial charge on any atom is 0.247 e. The molecule has 0 bridgehead atoms. The molecule has 0 amide bonds. The molecule has 2 aromatic heterocycles. The predicted molar refractivity (Wildman–Crippen MR) is 144 cm³/mol. The van der Waals surface area contributed by atoms with Gasteiger partial charge in [0.25, 0.3) is 0 Å². The van der Waals surface area contributed by atoms with E-state index in [1.807, 2.05) is 65.7 Å². The molecule has 35 heavy (non-hydrogen) atoms. The van der Waals surface area contributed by atoms with Crippen molar-refractivity contribution in [1.82, 2.24) is 9.97 Å². The molecule has 5 aromatic rings. The van der Waals surface area contributed by atoms with E-state index in [0.717, 1.165) is 45.6 Å². The van der Waals surface area contributed by atoms with Crippen molar-refractivity contribution < 1.29 is 4.74 Å². The number of nitrogens with zero attached hydrogens (tertiary/aromatic N) is 4. The second kappa shape index (κ2) is 9.13. The van der Waals surface area contributed by atoms with Crippen molar-refractivity contribution in [3.8, 4) is 17.0 Å². The third kappa shape index (κ3) is 4.16. The molecule has 3 heterocycles. The summed E-state index contributed by atoms with van der Waals surface area (Å²) >= 11 is 8.07. The Kier molecular flexibility index (Phi) is 5.68. The molecule has 0 saturated carbocycles. The minimum atomic E-state index is 0.0143. The molecule has 7 heteroatoms. The molecule has 6 rings (SSSR count). The number of hydrogen-bond donors (Lipinski definition) is 0. The van der Waals surface area contributed by atoms with Crippen LogP contribution >= 0.6 is 22.9 Å². The van der Waals surface area contributed by atoms with Crippen molar-refractivity contribution in [2.24, 2.45) is 5.10 Å². The molecule has 5 nitrogen and oxygen atoms in total. The number of anilines is 1. The highest BCUT2D eigenvalue weighted by molar-refractivity contribution is 7.10. The zero-order valence-electron chi connectivity index (χ0n) is 18.9. The first kappa shape index (κ1) is 21.8. The van der Waals surface area contributed by atoms with Crippen molar-refractivity contribution >= 4 is 45.5 Å². The Hall–Kier alpha value is -3.74. The first-order chi connectivity index (χ1) is 17.2. The normalized spacial score (nSPS) is 15.4. The quantitative estimate of drug-likeness (QED) is 0.255. The first-order valence-electron chi connectivity index (χ1n) is 11.3. The summed E-state index contributed by atoms with van der Waals surface area (Å²) in [5, 5.41) is 10.7. The molecule has 1 atom stereocenters. The Morgan fingerprint density at radius 2 is 1.74 bits per heavy atom. The fourth-order valence-electron chi connectivity index (χ4n) is 4.36. The van der Waals surface area contributed by atoms with Gasteiger partial charge in [0.2, 0.25) is 5.95 Å². The lowest BCUT2D eigenvalue weighted by Crippen LogP contribution is -2.20. The summed E-state index contributed by atoms with van der Waals surface area (Å²) in [4.78, 5) is 11.2. The minimum Gasteiger partial charge on any atom is -0.497 e. The van der Waals surface area contributed by atoms with Gasteiger partial charge in [0.15, 0.2) is 0 Å². The molecule has 0 N–H and O–H groups in total. The summed E-state index contributed by atoms with van der Waals surface area (Å²) in [6, 6.07) is 28.1. The van der Waals surface area contributed by atoms with E-state index in [-0.39, 0.29) is 6.04 Å². The molecule has 0 fully saturated rings. The van der Waals surface area contributed by atoms with E-state index >= 15 is 0 Å². The summed E-state index contributed by atoms with van der Waals surface area (Å²) in [5.41, 5.74) is 4.73. The van der Waals surface area contributed by atoms with Crippen LogP contribution in [0, 0.1) is 0 Å². The zero-order chi connectivity index (χ0) is 23.8. The average Bonchev–Trinajstić information content (AvgIpc) is 3.59. The number of ether oxygens (including phenoxy) is 1. The number of methoxy groups -OCH3 is 1. The van der Waals surface area contributed by atoms with Gasteiger partial charge in [-0.2, -0.15) is 5.10 Å². The van der Waals surface area contributed by atoms with Gasteiger partial charge in [-0.05, 0) is 59.5 Å². The van der Waals surface area contributed by atoms with Crippen LogP contribution in [0.5, 0.6) is 5.75 Å². The Bertz CT molecular complexity index is 1520. The minimum absolute atomic E-state index is 0.0143. The van der Waals surface area contributed by atoms with Crippen LogP contribution < -0.4 is 9.75 Å². The monoisotopic (exact) mass is 496 g/mol. The first-order valence-corrected chi connectivity index (χ1v) is 12.5. The number of hydrazone groups is 1. The highest BCUT2D eigenvalue weighted by atomic mass is 35.5. The SMILES string of the molecule is COc1ccc(C2=NN(c3nc(-c4ccccc4)c4cc(Cl)ccc4n3)[C@@H](c3cccs3)C2)cc1. The largest absolute Gasteiger partial charge is 0.497 e. The van der Waals surface area contributed by atoms with Crippen LogP contribution in [-0.4, -0.2) is 22.8 Å². The Morgan fingerprint density at radius 3 is 2.49 bits per heavy atom. The van der Waals surface area contributed by atoms with Crippen molar-refractivity contribution in [3.63, 3.8) is 0 Å². The van der Waals surface area contributed by atoms with E-state index in [4.69, 9.17) is 31.4 Å². The molecule has 0 unspecified atom stereocenters. The van der Waals surface area contributed by atoms with Crippen molar-refractivity contribution in [2.75, 3.05) is 12.1 Å². The molecule has 3 aromatic carbocycles. The zero-order valence-corrected chi connectivity index (χ0v) is 20.5. The second-order valence-electron chi connectivity index (χ2n) is 8.25. The van der Waals surface area contributed by atoms with Crippen LogP contribution in [0.1, 0.15) is 22.9 Å². The van der Waals surface area contributed by atoms with Gasteiger partial charge in [0.1, 0.15) is 5.75 Å². The molecular formula is C28H21ClN4OS. The van der Waals surface area contributed by atoms with E-state index in [0.29, 0.717) is 11.0 Å². The Labute approximate surface area is 212 Å². The summed E-state index contributed by atoms with van der Waals surface area (Å²) in [5.74, 6) is 1.39. The third-order valence-corrected chi connectivity index (χ3v) is 7.31. The smallest absolute Gasteiger partial charge is 0.247 e. The van der Waals surface area contributed by atoms with E-state index < -0.39 is 0 Å². The number of benzene rings is 3. The number of hydrogen-bond acceptors (Lipinski definition) is 6. The van der Waals surface area contributed by atoms with E-state index in [2.05, 4.69) is 29.6 Å². The number of halogens is 1. The van der Waals surface area contributed by atoms with Crippen molar-refractivity contribution in [2.45, 2.75) is 12.5 Å². The maximum absolute atomic E-state index is 6.35. The van der Waals surface area contributed by atoms with Gasteiger partial charge < -0.3 is 4.74 Å². The Morgan fingerprint density at radius 1 is 0.914 bits per heavy atom. The van der Waals surface area contributed by atoms with Gasteiger partial charge in [0.05, 0.1) is 30.1 Å². The van der Waals surface area contributed by atoms with Gasteiger partial charge in [-0.25, -0.2) is 15.0 Å². The molecule has 0 spiro atoms. The highest BCUT2D eigenvalue weighted by Gasteiger charge is 2.33. The second-order valence-corrected chi connectivity index (χ2v) is 9.67. The molecule has 0 saturated heterocycles. The van der Waals surface area contributed by atoms with Crippen LogP contribution in [0.25, 0.3) is 22.2 Å². The maximum atomic E-state index is 6.35. The fraction of sp³-hybridized carbons (Fsp3) is 0.107. The lowest BCUT2D eigenvalue weighted by atomic mass is 10.0. The fourth-order valence-corrected chi connectivity index (χ4v) is 5.35. The summed E-state index contributed by atoms with van der Waals surface area (Å²) < 4.78 is 5.33. The van der Waals surface area contributed by atoms with E-state index in [1.165, 1.54) is 4.88 Å². The number of thiophene rings is 1. The van der Waals surface area contributed by atoms with Gasteiger partial charge in [0, 0.05) is 27.3 Å². The lowest BCUT2D eigenvalue weighted by molar-refractivity contribution is 0.415. The third-order valence-electron chi connectivity index (χ3n) is 6.10. The van der Waals surface area contributed by atoms with Crippen LogP contribution in [0.3, 0.4) is 0 Å². The average molecular weight is 497 g/mol. The predicted octanol–water partition coefficient (Wildman–Crippen LogP) is 7.38. The summed E-state index contributed by atoms with van der Waals surface area (Å²) in [6.45, 7) is 0. The number of rotatable bonds is 5. The van der Waals surface area contributed by atoms with Crippen molar-refractivity contribution in [3.05, 3.63) is 106 Å². The topological polar surface area (TPSA) is 50.6 Å². The Balaban J connectivity index is 1.51. The van der Waals surface area contributed by atoms with Crippen LogP contribution in [-0.2, 0) is 0 Å². The van der Waals surface area contributed by atoms with Gasteiger partial charge in [-0.3, -0.25) is 0 Å². The molecule has 0 radical (unpaired) electrons. The number of fused-ring (bicyclic) bond motifs is 1. The molecular weight excluding hydrogens is 476 g/mol. The van der Waals surface area contributed by atoms with Gasteiger partial charge >= 0.3 is 0 Å². The van der Waals surface area contributed by atoms with Gasteiger partial charge in [-0.1, -0.05) is 48.0 Å². The lowest BCUT2D eigenvalue weighted by Gasteiger charge is -2.21. The molecule has 172 valence electrons. The summed E-state index contributed by atoms with van der Waals surface area (Å²) in [6.07, 6.45) is 0.759. The molecule has 1 aliphatic heterocycles.